The summed E-state index contributed by atoms with van der Waals surface area (Å²) in [6.07, 6.45) is 3.39. The van der Waals surface area contributed by atoms with Gasteiger partial charge in [-0.1, -0.05) is 5.16 Å². The van der Waals surface area contributed by atoms with E-state index in [9.17, 15) is 0 Å². The molecule has 0 radical (unpaired) electrons. The highest BCUT2D eigenvalue weighted by Crippen LogP contribution is 2.19. The van der Waals surface area contributed by atoms with Crippen molar-refractivity contribution in [2.45, 2.75) is 0 Å². The first-order valence-corrected chi connectivity index (χ1v) is 2.80. The molecule has 2 aromatic rings. The summed E-state index contributed by atoms with van der Waals surface area (Å²) >= 11 is 0. The summed E-state index contributed by atoms with van der Waals surface area (Å²) in [4.78, 5) is 3.73. The van der Waals surface area contributed by atoms with Crippen molar-refractivity contribution >= 4 is 18.1 Å². The van der Waals surface area contributed by atoms with Gasteiger partial charge in [0, 0.05) is 6.20 Å². The van der Waals surface area contributed by atoms with Gasteiger partial charge in [-0.05, 0) is 12.8 Å². The number of nitrogens with zero attached hydrogens (tertiary/aromatic N) is 3. The van der Waals surface area contributed by atoms with E-state index < -0.39 is 0 Å². The van der Waals surface area contributed by atoms with Crippen molar-refractivity contribution in [2.75, 3.05) is 0 Å². The molecular formula is C6H5N3O. The maximum atomic E-state index is 4.86. The first-order chi connectivity index (χ1) is 4.92. The lowest BCUT2D eigenvalue weighted by Crippen LogP contribution is -1.67. The van der Waals surface area contributed by atoms with Crippen LogP contribution in [0.15, 0.2) is 28.1 Å². The Kier molecular flexibility index (Phi) is 0.887. The fourth-order valence-corrected chi connectivity index (χ4v) is 0.852. The summed E-state index contributed by atoms with van der Waals surface area (Å²) in [6, 6.07) is 1.81. The zero-order chi connectivity index (χ0) is 6.97. The predicted octanol–water partition coefficient (Wildman–Crippen LogP) is 1.26. The van der Waals surface area contributed by atoms with Crippen LogP contribution in [0.5, 0.6) is 0 Å². The Labute approximate surface area is 56.8 Å². The van der Waals surface area contributed by atoms with Crippen molar-refractivity contribution < 1.29 is 4.52 Å². The van der Waals surface area contributed by atoms with E-state index in [1.54, 1.807) is 10.7 Å². The summed E-state index contributed by atoms with van der Waals surface area (Å²) in [6.45, 7) is 3.38. The monoisotopic (exact) mass is 135 g/mol. The number of aliphatic imine (C=N–C) groups is 1. The van der Waals surface area contributed by atoms with Gasteiger partial charge in [0.2, 0.25) is 0 Å². The van der Waals surface area contributed by atoms with Crippen LogP contribution < -0.4 is 0 Å². The van der Waals surface area contributed by atoms with Gasteiger partial charge < -0.3 is 4.52 Å². The fraction of sp³-hybridized carbons (Fsp3) is 0. The number of aromatic nitrogens is 2. The summed E-state index contributed by atoms with van der Waals surface area (Å²) < 4.78 is 6.60. The van der Waals surface area contributed by atoms with Crippen LogP contribution in [0.1, 0.15) is 0 Å². The predicted molar refractivity (Wildman–Crippen MR) is 36.7 cm³/mol. The number of fused-ring (bicyclic) bond motifs is 1. The zero-order valence-corrected chi connectivity index (χ0v) is 5.19. The highest BCUT2D eigenvalue weighted by Gasteiger charge is 2.02. The highest BCUT2D eigenvalue weighted by molar-refractivity contribution is 5.64. The molecule has 2 heterocycles. The van der Waals surface area contributed by atoms with Gasteiger partial charge in [0.05, 0.1) is 0 Å². The number of hydrogen-bond acceptors (Lipinski definition) is 3. The van der Waals surface area contributed by atoms with Crippen molar-refractivity contribution in [1.29, 1.82) is 0 Å². The minimum Gasteiger partial charge on any atom is -0.334 e. The van der Waals surface area contributed by atoms with Crippen LogP contribution in [0, 0.1) is 0 Å². The van der Waals surface area contributed by atoms with Crippen LogP contribution >= 0.6 is 0 Å². The molecule has 50 valence electrons. The lowest BCUT2D eigenvalue weighted by Gasteiger charge is -1.78. The minimum atomic E-state index is 0.634. The molecule has 0 spiro atoms. The molecular weight excluding hydrogens is 130 g/mol. The van der Waals surface area contributed by atoms with Gasteiger partial charge in [-0.2, -0.15) is 0 Å². The number of rotatable bonds is 1. The molecule has 0 amide bonds. The molecule has 0 atom stereocenters. The van der Waals surface area contributed by atoms with Crippen molar-refractivity contribution in [3.63, 3.8) is 0 Å². The minimum absolute atomic E-state index is 0.634. The van der Waals surface area contributed by atoms with Gasteiger partial charge in [-0.15, -0.1) is 0 Å². The maximum Gasteiger partial charge on any atom is 0.260 e. The van der Waals surface area contributed by atoms with E-state index in [1.807, 2.05) is 12.3 Å². The Bertz CT molecular complexity index is 360. The van der Waals surface area contributed by atoms with E-state index >= 15 is 0 Å². The van der Waals surface area contributed by atoms with Gasteiger partial charge in [-0.25, -0.2) is 0 Å². The van der Waals surface area contributed by atoms with Gasteiger partial charge in [0.1, 0.15) is 12.0 Å². The molecule has 0 aliphatic rings. The fourth-order valence-electron chi connectivity index (χ4n) is 0.852. The molecule has 0 saturated heterocycles. The summed E-state index contributed by atoms with van der Waals surface area (Å²) in [5, 5.41) is 3.57. The largest absolute Gasteiger partial charge is 0.334 e. The smallest absolute Gasteiger partial charge is 0.260 e. The van der Waals surface area contributed by atoms with Crippen LogP contribution in [-0.4, -0.2) is 16.3 Å². The van der Waals surface area contributed by atoms with Crippen LogP contribution in [0.3, 0.4) is 0 Å². The van der Waals surface area contributed by atoms with Gasteiger partial charge in [-0.3, -0.25) is 9.39 Å². The van der Waals surface area contributed by atoms with Crippen LogP contribution in [0.2, 0.25) is 0 Å². The molecule has 4 nitrogen and oxygen atoms in total. The molecule has 0 aliphatic heterocycles. The molecule has 0 fully saturated rings. The van der Waals surface area contributed by atoms with E-state index in [-0.39, 0.29) is 0 Å². The van der Waals surface area contributed by atoms with Crippen LogP contribution in [0.25, 0.3) is 5.71 Å². The molecule has 0 bridgehead atoms. The van der Waals surface area contributed by atoms with Crippen LogP contribution in [0.4, 0.5) is 5.69 Å². The normalized spacial score (nSPS) is 10.4. The first kappa shape index (κ1) is 5.22. The second-order valence-electron chi connectivity index (χ2n) is 1.88. The molecule has 2 rings (SSSR count). The molecule has 4 heteroatoms. The summed E-state index contributed by atoms with van der Waals surface area (Å²) in [5.74, 6) is 0. The SMILES string of the molecule is C=Nc1ccn2cnoc12. The Balaban J connectivity index is 2.88. The second kappa shape index (κ2) is 1.70. The molecule has 2 aromatic heterocycles. The molecule has 0 saturated carbocycles. The number of hydrogen-bond donors (Lipinski definition) is 0. The Hall–Kier alpha value is -1.58. The second-order valence-corrected chi connectivity index (χ2v) is 1.88. The van der Waals surface area contributed by atoms with E-state index in [1.165, 1.54) is 0 Å². The topological polar surface area (TPSA) is 42.8 Å². The van der Waals surface area contributed by atoms with Gasteiger partial charge in [0.15, 0.2) is 0 Å². The van der Waals surface area contributed by atoms with Crippen molar-refractivity contribution in [2.24, 2.45) is 4.99 Å². The molecule has 0 aliphatic carbocycles. The van der Waals surface area contributed by atoms with E-state index in [4.69, 9.17) is 4.52 Å². The van der Waals surface area contributed by atoms with Crippen molar-refractivity contribution in [1.82, 2.24) is 9.56 Å². The van der Waals surface area contributed by atoms with Crippen LogP contribution in [-0.2, 0) is 0 Å². The summed E-state index contributed by atoms with van der Waals surface area (Å²) in [5.41, 5.74) is 1.35. The quantitative estimate of drug-likeness (QED) is 0.552. The van der Waals surface area contributed by atoms with Crippen molar-refractivity contribution in [3.05, 3.63) is 18.6 Å². The third-order valence-electron chi connectivity index (χ3n) is 1.33. The average molecular weight is 135 g/mol. The third-order valence-corrected chi connectivity index (χ3v) is 1.33. The van der Waals surface area contributed by atoms with Gasteiger partial charge >= 0.3 is 0 Å². The third kappa shape index (κ3) is 0.500. The summed E-state index contributed by atoms with van der Waals surface area (Å²) in [7, 11) is 0. The van der Waals surface area contributed by atoms with Crippen molar-refractivity contribution in [3.8, 4) is 0 Å². The maximum absolute atomic E-state index is 4.86. The average Bonchev–Trinajstić information content (AvgIpc) is 2.44. The molecule has 0 N–H and O–H groups in total. The van der Waals surface area contributed by atoms with E-state index in [2.05, 4.69) is 16.9 Å². The van der Waals surface area contributed by atoms with E-state index in [0.29, 0.717) is 5.71 Å². The zero-order valence-electron chi connectivity index (χ0n) is 5.19. The van der Waals surface area contributed by atoms with Gasteiger partial charge in [0.25, 0.3) is 5.71 Å². The highest BCUT2D eigenvalue weighted by atomic mass is 16.5. The first-order valence-electron chi connectivity index (χ1n) is 2.80. The Morgan fingerprint density at radius 1 is 1.70 bits per heavy atom. The van der Waals surface area contributed by atoms with E-state index in [0.717, 1.165) is 5.69 Å². The molecule has 10 heavy (non-hydrogen) atoms. The lowest BCUT2D eigenvalue weighted by molar-refractivity contribution is 0.456. The standard InChI is InChI=1S/C6H5N3O/c1-7-5-2-3-9-4-8-10-6(5)9/h2-4H,1H2. The lowest BCUT2D eigenvalue weighted by atomic mass is 10.5. The Morgan fingerprint density at radius 2 is 2.60 bits per heavy atom. The molecule has 0 unspecified atom stereocenters. The Morgan fingerprint density at radius 3 is 3.40 bits per heavy atom. The molecule has 0 aromatic carbocycles.